The number of rotatable bonds is 6. The van der Waals surface area contributed by atoms with Crippen LogP contribution < -0.4 is 5.32 Å². The third kappa shape index (κ3) is 4.34. The van der Waals surface area contributed by atoms with Gasteiger partial charge in [0.1, 0.15) is 0 Å². The average molecular weight is 248 g/mol. The SMILES string of the molecule is C#CCN(CC1CC1)C(=O)CCC1CCCCN1. The Hall–Kier alpha value is -1.01. The molecule has 0 spiro atoms. The number of nitrogens with one attached hydrogen (secondary N) is 1. The van der Waals surface area contributed by atoms with Gasteiger partial charge >= 0.3 is 0 Å². The molecule has 2 fully saturated rings. The molecule has 1 atom stereocenters. The summed E-state index contributed by atoms with van der Waals surface area (Å²) < 4.78 is 0. The van der Waals surface area contributed by atoms with E-state index in [1.807, 2.05) is 4.90 Å². The number of terminal acetylenes is 1. The van der Waals surface area contributed by atoms with Crippen LogP contribution in [-0.2, 0) is 4.79 Å². The van der Waals surface area contributed by atoms with Crippen LogP contribution in [0.5, 0.6) is 0 Å². The molecule has 1 aliphatic heterocycles. The van der Waals surface area contributed by atoms with Crippen molar-refractivity contribution in [3.05, 3.63) is 0 Å². The van der Waals surface area contributed by atoms with Crippen molar-refractivity contribution in [1.82, 2.24) is 10.2 Å². The van der Waals surface area contributed by atoms with E-state index in [0.29, 0.717) is 19.0 Å². The predicted octanol–water partition coefficient (Wildman–Crippen LogP) is 1.78. The number of amides is 1. The van der Waals surface area contributed by atoms with E-state index in [2.05, 4.69) is 11.2 Å². The van der Waals surface area contributed by atoms with Crippen LogP contribution in [0.2, 0.25) is 0 Å². The molecular weight excluding hydrogens is 224 g/mol. The van der Waals surface area contributed by atoms with Gasteiger partial charge in [0.05, 0.1) is 6.54 Å². The first-order valence-corrected chi connectivity index (χ1v) is 7.24. The van der Waals surface area contributed by atoms with E-state index in [-0.39, 0.29) is 5.91 Å². The standard InChI is InChI=1S/C15H24N2O/c1-2-11-17(12-13-6-7-13)15(18)9-8-14-5-3-4-10-16-14/h1,13-14,16H,3-12H2. The molecule has 1 N–H and O–H groups in total. The van der Waals surface area contributed by atoms with Crippen LogP contribution in [0.15, 0.2) is 0 Å². The van der Waals surface area contributed by atoms with E-state index in [1.54, 1.807) is 0 Å². The molecule has 1 unspecified atom stereocenters. The van der Waals surface area contributed by atoms with Gasteiger partial charge in [0.15, 0.2) is 0 Å². The van der Waals surface area contributed by atoms with Gasteiger partial charge in [0.25, 0.3) is 0 Å². The van der Waals surface area contributed by atoms with Crippen LogP contribution in [0.25, 0.3) is 0 Å². The molecule has 0 aromatic rings. The summed E-state index contributed by atoms with van der Waals surface area (Å²) in [5, 5.41) is 3.49. The second-order valence-corrected chi connectivity index (χ2v) is 5.61. The Kier molecular flexibility index (Phi) is 5.07. The van der Waals surface area contributed by atoms with E-state index in [1.165, 1.54) is 32.1 Å². The summed E-state index contributed by atoms with van der Waals surface area (Å²) >= 11 is 0. The maximum atomic E-state index is 12.1. The van der Waals surface area contributed by atoms with E-state index in [0.717, 1.165) is 25.4 Å². The highest BCUT2D eigenvalue weighted by atomic mass is 16.2. The summed E-state index contributed by atoms with van der Waals surface area (Å²) in [4.78, 5) is 14.0. The van der Waals surface area contributed by atoms with Crippen molar-refractivity contribution in [3.8, 4) is 12.3 Å². The zero-order valence-electron chi connectivity index (χ0n) is 11.2. The van der Waals surface area contributed by atoms with Crippen LogP contribution in [-0.4, -0.2) is 36.5 Å². The highest BCUT2D eigenvalue weighted by Crippen LogP contribution is 2.29. The lowest BCUT2D eigenvalue weighted by Gasteiger charge is -2.25. The highest BCUT2D eigenvalue weighted by molar-refractivity contribution is 5.76. The Morgan fingerprint density at radius 3 is 2.78 bits per heavy atom. The van der Waals surface area contributed by atoms with Gasteiger partial charge in [-0.2, -0.15) is 0 Å². The van der Waals surface area contributed by atoms with E-state index in [9.17, 15) is 4.79 Å². The molecule has 1 aliphatic carbocycles. The number of nitrogens with zero attached hydrogens (tertiary/aromatic N) is 1. The molecular formula is C15H24N2O. The fourth-order valence-corrected chi connectivity index (χ4v) is 2.60. The fourth-order valence-electron chi connectivity index (χ4n) is 2.60. The Morgan fingerprint density at radius 2 is 2.17 bits per heavy atom. The summed E-state index contributed by atoms with van der Waals surface area (Å²) in [5.41, 5.74) is 0. The maximum Gasteiger partial charge on any atom is 0.223 e. The van der Waals surface area contributed by atoms with Crippen molar-refractivity contribution in [3.63, 3.8) is 0 Å². The van der Waals surface area contributed by atoms with Crippen molar-refractivity contribution >= 4 is 5.91 Å². The lowest BCUT2D eigenvalue weighted by molar-refractivity contribution is -0.131. The fraction of sp³-hybridized carbons (Fsp3) is 0.800. The van der Waals surface area contributed by atoms with Gasteiger partial charge in [-0.15, -0.1) is 6.42 Å². The van der Waals surface area contributed by atoms with Crippen LogP contribution >= 0.6 is 0 Å². The molecule has 0 aromatic carbocycles. The number of carbonyl (C=O) groups excluding carboxylic acids is 1. The Balaban J connectivity index is 1.71. The van der Waals surface area contributed by atoms with Gasteiger partial charge in [0, 0.05) is 19.0 Å². The van der Waals surface area contributed by atoms with Crippen LogP contribution in [0.3, 0.4) is 0 Å². The summed E-state index contributed by atoms with van der Waals surface area (Å²) in [6.07, 6.45) is 13.3. The summed E-state index contributed by atoms with van der Waals surface area (Å²) in [5.74, 6) is 3.57. The molecule has 2 rings (SSSR count). The molecule has 1 saturated heterocycles. The van der Waals surface area contributed by atoms with Gasteiger partial charge < -0.3 is 10.2 Å². The highest BCUT2D eigenvalue weighted by Gasteiger charge is 2.26. The summed E-state index contributed by atoms with van der Waals surface area (Å²) in [6, 6.07) is 0.538. The number of piperidine rings is 1. The van der Waals surface area contributed by atoms with Crippen LogP contribution in [0.1, 0.15) is 44.9 Å². The molecule has 3 nitrogen and oxygen atoms in total. The number of carbonyl (C=O) groups is 1. The lowest BCUT2D eigenvalue weighted by Crippen LogP contribution is -2.37. The molecule has 0 aromatic heterocycles. The van der Waals surface area contributed by atoms with Gasteiger partial charge in [-0.1, -0.05) is 12.3 Å². The minimum absolute atomic E-state index is 0.243. The smallest absolute Gasteiger partial charge is 0.223 e. The average Bonchev–Trinajstić information content (AvgIpc) is 3.21. The zero-order valence-corrected chi connectivity index (χ0v) is 11.2. The second-order valence-electron chi connectivity index (χ2n) is 5.61. The molecule has 0 bridgehead atoms. The molecule has 1 saturated carbocycles. The topological polar surface area (TPSA) is 32.3 Å². The number of hydrogen-bond acceptors (Lipinski definition) is 2. The lowest BCUT2D eigenvalue weighted by atomic mass is 10.0. The van der Waals surface area contributed by atoms with E-state index < -0.39 is 0 Å². The molecule has 1 heterocycles. The number of hydrogen-bond donors (Lipinski definition) is 1. The van der Waals surface area contributed by atoms with E-state index in [4.69, 9.17) is 6.42 Å². The molecule has 1 amide bonds. The van der Waals surface area contributed by atoms with Crippen molar-refractivity contribution in [2.45, 2.75) is 51.0 Å². The monoisotopic (exact) mass is 248 g/mol. The van der Waals surface area contributed by atoms with Crippen molar-refractivity contribution in [2.24, 2.45) is 5.92 Å². The molecule has 100 valence electrons. The normalized spacial score (nSPS) is 23.4. The third-order valence-electron chi connectivity index (χ3n) is 3.93. The van der Waals surface area contributed by atoms with Crippen molar-refractivity contribution in [2.75, 3.05) is 19.6 Å². The van der Waals surface area contributed by atoms with Gasteiger partial charge in [-0.3, -0.25) is 4.79 Å². The van der Waals surface area contributed by atoms with Crippen LogP contribution in [0.4, 0.5) is 0 Å². The van der Waals surface area contributed by atoms with Crippen LogP contribution in [0, 0.1) is 18.3 Å². The van der Waals surface area contributed by atoms with Gasteiger partial charge in [0.2, 0.25) is 5.91 Å². The van der Waals surface area contributed by atoms with Gasteiger partial charge in [-0.05, 0) is 44.6 Å². The van der Waals surface area contributed by atoms with Gasteiger partial charge in [-0.25, -0.2) is 0 Å². The Labute approximate surface area is 110 Å². The summed E-state index contributed by atoms with van der Waals surface area (Å²) in [6.45, 7) is 2.46. The Bertz CT molecular complexity index is 311. The largest absolute Gasteiger partial charge is 0.331 e. The summed E-state index contributed by atoms with van der Waals surface area (Å²) in [7, 11) is 0. The quantitative estimate of drug-likeness (QED) is 0.727. The Morgan fingerprint density at radius 1 is 1.33 bits per heavy atom. The maximum absolute atomic E-state index is 12.1. The second kappa shape index (κ2) is 6.80. The molecule has 3 heteroatoms. The zero-order chi connectivity index (χ0) is 12.8. The molecule has 18 heavy (non-hydrogen) atoms. The molecule has 2 aliphatic rings. The van der Waals surface area contributed by atoms with E-state index >= 15 is 0 Å². The predicted molar refractivity (Wildman–Crippen MR) is 73.0 cm³/mol. The third-order valence-corrected chi connectivity index (χ3v) is 3.93. The molecule has 0 radical (unpaired) electrons. The first-order valence-electron chi connectivity index (χ1n) is 7.24. The van der Waals surface area contributed by atoms with Crippen molar-refractivity contribution < 1.29 is 4.79 Å². The first-order chi connectivity index (χ1) is 8.79. The van der Waals surface area contributed by atoms with Crippen molar-refractivity contribution in [1.29, 1.82) is 0 Å². The first kappa shape index (κ1) is 13.4. The minimum Gasteiger partial charge on any atom is -0.331 e. The minimum atomic E-state index is 0.243.